The molecule has 0 bridgehead atoms. The molecule has 0 spiro atoms. The maximum absolute atomic E-state index is 4.36. The van der Waals surface area contributed by atoms with Crippen molar-refractivity contribution in [2.75, 3.05) is 20.1 Å². The number of hydrogen-bond acceptors (Lipinski definition) is 4. The van der Waals surface area contributed by atoms with Crippen molar-refractivity contribution in [3.05, 3.63) is 30.7 Å². The van der Waals surface area contributed by atoms with E-state index in [1.165, 1.54) is 0 Å². The minimum Gasteiger partial charge on any atom is -0.309 e. The van der Waals surface area contributed by atoms with Gasteiger partial charge in [0.2, 0.25) is 0 Å². The molecule has 5 heteroatoms. The minimum absolute atomic E-state index is 0.494. The summed E-state index contributed by atoms with van der Waals surface area (Å²) in [5.41, 5.74) is 0.897. The largest absolute Gasteiger partial charge is 0.309 e. The first kappa shape index (κ1) is 11.3. The second-order valence-electron chi connectivity index (χ2n) is 4.81. The molecule has 5 nitrogen and oxygen atoms in total. The third-order valence-corrected chi connectivity index (χ3v) is 3.55. The fourth-order valence-corrected chi connectivity index (χ4v) is 2.46. The molecule has 2 aromatic rings. The predicted octanol–water partition coefficient (Wildman–Crippen LogP) is 1.61. The zero-order chi connectivity index (χ0) is 12.4. The van der Waals surface area contributed by atoms with Gasteiger partial charge in [0.05, 0.1) is 0 Å². The van der Waals surface area contributed by atoms with Gasteiger partial charge in [0, 0.05) is 12.2 Å². The topological polar surface area (TPSA) is 46.8 Å². The molecule has 0 N–H and O–H groups in total. The van der Waals surface area contributed by atoms with E-state index in [1.54, 1.807) is 6.20 Å². The lowest BCUT2D eigenvalue weighted by Crippen LogP contribution is -2.31. The molecular formula is C13H17N5. The minimum atomic E-state index is 0.494. The molecule has 3 rings (SSSR count). The monoisotopic (exact) mass is 243 g/mol. The van der Waals surface area contributed by atoms with Crippen LogP contribution < -0.4 is 0 Å². The first-order chi connectivity index (χ1) is 8.84. The molecule has 0 saturated carbocycles. The quantitative estimate of drug-likeness (QED) is 0.804. The average Bonchev–Trinajstić information content (AvgIpc) is 2.90. The van der Waals surface area contributed by atoms with Gasteiger partial charge in [-0.25, -0.2) is 0 Å². The Balaban J connectivity index is 1.88. The zero-order valence-electron chi connectivity index (χ0n) is 10.5. The van der Waals surface area contributed by atoms with Crippen molar-refractivity contribution >= 4 is 0 Å². The summed E-state index contributed by atoms with van der Waals surface area (Å²) in [4.78, 5) is 6.72. The summed E-state index contributed by atoms with van der Waals surface area (Å²) in [5, 5.41) is 8.27. The van der Waals surface area contributed by atoms with Gasteiger partial charge in [-0.05, 0) is 45.1 Å². The second-order valence-corrected chi connectivity index (χ2v) is 4.81. The highest BCUT2D eigenvalue weighted by atomic mass is 15.3. The van der Waals surface area contributed by atoms with Crippen molar-refractivity contribution in [3.63, 3.8) is 0 Å². The van der Waals surface area contributed by atoms with E-state index in [-0.39, 0.29) is 0 Å². The molecule has 1 saturated heterocycles. The molecule has 0 radical (unpaired) electrons. The van der Waals surface area contributed by atoms with Gasteiger partial charge in [-0.3, -0.25) is 4.98 Å². The highest BCUT2D eigenvalue weighted by molar-refractivity contribution is 5.48. The lowest BCUT2D eigenvalue weighted by molar-refractivity contribution is 0.222. The molecule has 1 aliphatic heterocycles. The molecular weight excluding hydrogens is 226 g/mol. The molecule has 94 valence electrons. The summed E-state index contributed by atoms with van der Waals surface area (Å²) < 4.78 is 2.18. The van der Waals surface area contributed by atoms with Gasteiger partial charge < -0.3 is 9.47 Å². The normalized spacial score (nSPS) is 18.1. The summed E-state index contributed by atoms with van der Waals surface area (Å²) in [6.45, 7) is 2.26. The summed E-state index contributed by atoms with van der Waals surface area (Å²) in [6, 6.07) is 6.37. The van der Waals surface area contributed by atoms with Crippen LogP contribution in [0.1, 0.15) is 18.9 Å². The number of pyridine rings is 1. The van der Waals surface area contributed by atoms with Crippen LogP contribution in [0, 0.1) is 0 Å². The first-order valence-electron chi connectivity index (χ1n) is 6.34. The maximum atomic E-state index is 4.36. The lowest BCUT2D eigenvalue weighted by Gasteiger charge is -2.30. The Bertz CT molecular complexity index is 499. The molecule has 0 unspecified atom stereocenters. The van der Waals surface area contributed by atoms with Gasteiger partial charge in [0.15, 0.2) is 5.82 Å². The predicted molar refractivity (Wildman–Crippen MR) is 69.0 cm³/mol. The molecule has 1 aliphatic rings. The number of piperidine rings is 1. The number of hydrogen-bond donors (Lipinski definition) is 0. The summed E-state index contributed by atoms with van der Waals surface area (Å²) >= 11 is 0. The third kappa shape index (κ3) is 2.13. The van der Waals surface area contributed by atoms with Crippen LogP contribution in [0.3, 0.4) is 0 Å². The molecule has 0 aromatic carbocycles. The number of likely N-dealkylation sites (tertiary alicyclic amines) is 1. The lowest BCUT2D eigenvalue weighted by atomic mass is 10.1. The van der Waals surface area contributed by atoms with Gasteiger partial charge in [0.1, 0.15) is 12.0 Å². The van der Waals surface area contributed by atoms with Crippen molar-refractivity contribution in [1.82, 2.24) is 24.6 Å². The van der Waals surface area contributed by atoms with Crippen LogP contribution in [-0.4, -0.2) is 44.8 Å². The van der Waals surface area contributed by atoms with Crippen molar-refractivity contribution in [2.24, 2.45) is 0 Å². The summed E-state index contributed by atoms with van der Waals surface area (Å²) in [5.74, 6) is 0.880. The standard InChI is InChI=1S/C13H17N5/c1-17-8-5-11(6-9-17)18-10-15-16-13(18)12-4-2-3-7-14-12/h2-4,7,10-11H,5-6,8-9H2,1H3. The number of aromatic nitrogens is 4. The van der Waals surface area contributed by atoms with E-state index in [1.807, 2.05) is 24.5 Å². The highest BCUT2D eigenvalue weighted by Crippen LogP contribution is 2.25. The van der Waals surface area contributed by atoms with Crippen LogP contribution in [0.15, 0.2) is 30.7 Å². The maximum Gasteiger partial charge on any atom is 0.182 e. The van der Waals surface area contributed by atoms with Crippen LogP contribution in [0.4, 0.5) is 0 Å². The Morgan fingerprint density at radius 3 is 2.78 bits per heavy atom. The van der Waals surface area contributed by atoms with Gasteiger partial charge in [-0.2, -0.15) is 0 Å². The number of nitrogens with zero attached hydrogens (tertiary/aromatic N) is 5. The molecule has 0 amide bonds. The van der Waals surface area contributed by atoms with Crippen LogP contribution in [0.25, 0.3) is 11.5 Å². The molecule has 0 atom stereocenters. The summed E-state index contributed by atoms with van der Waals surface area (Å²) in [6.07, 6.45) is 5.92. The van der Waals surface area contributed by atoms with E-state index in [4.69, 9.17) is 0 Å². The summed E-state index contributed by atoms with van der Waals surface area (Å²) in [7, 11) is 2.17. The van der Waals surface area contributed by atoms with Crippen LogP contribution in [-0.2, 0) is 0 Å². The van der Waals surface area contributed by atoms with Gasteiger partial charge in [-0.1, -0.05) is 6.07 Å². The van der Waals surface area contributed by atoms with Crippen molar-refractivity contribution in [2.45, 2.75) is 18.9 Å². The van der Waals surface area contributed by atoms with E-state index in [0.29, 0.717) is 6.04 Å². The SMILES string of the molecule is CN1CCC(n2cnnc2-c2ccccn2)CC1. The second kappa shape index (κ2) is 4.86. The van der Waals surface area contributed by atoms with Crippen molar-refractivity contribution in [1.29, 1.82) is 0 Å². The molecule has 2 aromatic heterocycles. The van der Waals surface area contributed by atoms with Gasteiger partial charge >= 0.3 is 0 Å². The Hall–Kier alpha value is -1.75. The van der Waals surface area contributed by atoms with Crippen LogP contribution in [0.5, 0.6) is 0 Å². The van der Waals surface area contributed by atoms with E-state index in [2.05, 4.69) is 31.7 Å². The molecule has 3 heterocycles. The Morgan fingerprint density at radius 2 is 2.06 bits per heavy atom. The molecule has 18 heavy (non-hydrogen) atoms. The fourth-order valence-electron chi connectivity index (χ4n) is 2.46. The van der Waals surface area contributed by atoms with Crippen LogP contribution in [0.2, 0.25) is 0 Å². The Labute approximate surface area is 106 Å². The highest BCUT2D eigenvalue weighted by Gasteiger charge is 2.21. The van der Waals surface area contributed by atoms with Gasteiger partial charge in [0.25, 0.3) is 0 Å². The van der Waals surface area contributed by atoms with E-state index < -0.39 is 0 Å². The van der Waals surface area contributed by atoms with Crippen molar-refractivity contribution < 1.29 is 0 Å². The third-order valence-electron chi connectivity index (χ3n) is 3.55. The van der Waals surface area contributed by atoms with Crippen LogP contribution >= 0.6 is 0 Å². The molecule has 0 aliphatic carbocycles. The Kier molecular flexibility index (Phi) is 3.06. The van der Waals surface area contributed by atoms with E-state index in [0.717, 1.165) is 37.4 Å². The first-order valence-corrected chi connectivity index (χ1v) is 6.34. The van der Waals surface area contributed by atoms with Crippen molar-refractivity contribution in [3.8, 4) is 11.5 Å². The van der Waals surface area contributed by atoms with E-state index in [9.17, 15) is 0 Å². The smallest absolute Gasteiger partial charge is 0.182 e. The molecule has 1 fully saturated rings. The Morgan fingerprint density at radius 1 is 1.22 bits per heavy atom. The fraction of sp³-hybridized carbons (Fsp3) is 0.462. The number of rotatable bonds is 2. The zero-order valence-corrected chi connectivity index (χ0v) is 10.5. The average molecular weight is 243 g/mol. The van der Waals surface area contributed by atoms with Gasteiger partial charge in [-0.15, -0.1) is 10.2 Å². The van der Waals surface area contributed by atoms with E-state index >= 15 is 0 Å².